The van der Waals surface area contributed by atoms with Crippen LogP contribution in [0.25, 0.3) is 0 Å². The molecule has 2 rings (SSSR count). The van der Waals surface area contributed by atoms with E-state index in [1.807, 2.05) is 12.1 Å². The zero-order chi connectivity index (χ0) is 19.9. The van der Waals surface area contributed by atoms with Gasteiger partial charge in [-0.1, -0.05) is 18.2 Å². The number of carbonyl (C=O) groups is 1. The van der Waals surface area contributed by atoms with Crippen molar-refractivity contribution in [2.24, 2.45) is 0 Å². The van der Waals surface area contributed by atoms with Crippen molar-refractivity contribution in [3.63, 3.8) is 0 Å². The molecular formula is C19H21F3N2O3. The van der Waals surface area contributed by atoms with Crippen molar-refractivity contribution in [3.8, 4) is 11.5 Å². The largest absolute Gasteiger partial charge is 0.493 e. The van der Waals surface area contributed by atoms with Crippen molar-refractivity contribution in [1.29, 1.82) is 0 Å². The van der Waals surface area contributed by atoms with E-state index >= 15 is 0 Å². The van der Waals surface area contributed by atoms with Gasteiger partial charge < -0.3 is 20.1 Å². The van der Waals surface area contributed by atoms with Gasteiger partial charge in [-0.3, -0.25) is 0 Å². The van der Waals surface area contributed by atoms with E-state index in [0.29, 0.717) is 30.0 Å². The fourth-order valence-electron chi connectivity index (χ4n) is 2.41. The first-order valence-corrected chi connectivity index (χ1v) is 8.22. The molecule has 2 aromatic rings. The fraction of sp³-hybridized carbons (Fsp3) is 0.316. The van der Waals surface area contributed by atoms with Crippen LogP contribution < -0.4 is 20.1 Å². The van der Waals surface area contributed by atoms with Gasteiger partial charge in [0.25, 0.3) is 0 Å². The molecule has 0 aliphatic carbocycles. The van der Waals surface area contributed by atoms with E-state index in [2.05, 4.69) is 10.6 Å². The lowest BCUT2D eigenvalue weighted by molar-refractivity contribution is -0.137. The summed E-state index contributed by atoms with van der Waals surface area (Å²) in [7, 11) is 3.11. The van der Waals surface area contributed by atoms with Crippen molar-refractivity contribution >= 4 is 6.03 Å². The van der Waals surface area contributed by atoms with Crippen LogP contribution in [-0.4, -0.2) is 26.8 Å². The molecule has 0 spiro atoms. The average Bonchev–Trinajstić information content (AvgIpc) is 2.65. The second-order valence-corrected chi connectivity index (χ2v) is 5.74. The van der Waals surface area contributed by atoms with Crippen molar-refractivity contribution in [1.82, 2.24) is 10.6 Å². The van der Waals surface area contributed by atoms with E-state index in [-0.39, 0.29) is 6.54 Å². The first-order chi connectivity index (χ1) is 12.8. The summed E-state index contributed by atoms with van der Waals surface area (Å²) < 4.78 is 47.9. The molecule has 0 unspecified atom stereocenters. The molecule has 8 heteroatoms. The maximum absolute atomic E-state index is 12.5. The quantitative estimate of drug-likeness (QED) is 0.767. The van der Waals surface area contributed by atoms with Crippen LogP contribution in [0, 0.1) is 0 Å². The third kappa shape index (κ3) is 6.09. The SMILES string of the molecule is COc1ccc(CCNC(=O)NCc2ccc(C(F)(F)F)cc2)cc1OC. The third-order valence-electron chi connectivity index (χ3n) is 3.88. The van der Waals surface area contributed by atoms with Gasteiger partial charge in [0.05, 0.1) is 19.8 Å². The monoisotopic (exact) mass is 382 g/mol. The van der Waals surface area contributed by atoms with Gasteiger partial charge in [0, 0.05) is 13.1 Å². The number of carbonyl (C=O) groups excluding carboxylic acids is 1. The van der Waals surface area contributed by atoms with Crippen LogP contribution >= 0.6 is 0 Å². The van der Waals surface area contributed by atoms with E-state index in [0.717, 1.165) is 17.7 Å². The summed E-state index contributed by atoms with van der Waals surface area (Å²) >= 11 is 0. The van der Waals surface area contributed by atoms with Crippen LogP contribution in [0.1, 0.15) is 16.7 Å². The zero-order valence-corrected chi connectivity index (χ0v) is 15.0. The number of urea groups is 1. The second-order valence-electron chi connectivity index (χ2n) is 5.74. The van der Waals surface area contributed by atoms with E-state index in [1.165, 1.54) is 12.1 Å². The number of hydrogen-bond donors (Lipinski definition) is 2. The summed E-state index contributed by atoms with van der Waals surface area (Å²) in [4.78, 5) is 11.8. The Morgan fingerprint density at radius 2 is 1.56 bits per heavy atom. The summed E-state index contributed by atoms with van der Waals surface area (Å²) in [5.74, 6) is 1.24. The summed E-state index contributed by atoms with van der Waals surface area (Å²) in [6.45, 7) is 0.536. The maximum atomic E-state index is 12.5. The van der Waals surface area contributed by atoms with Crippen LogP contribution in [0.3, 0.4) is 0 Å². The number of ether oxygens (including phenoxy) is 2. The molecule has 5 nitrogen and oxygen atoms in total. The van der Waals surface area contributed by atoms with Gasteiger partial charge in [-0.05, 0) is 41.8 Å². The van der Waals surface area contributed by atoms with E-state index in [4.69, 9.17) is 9.47 Å². The Morgan fingerprint density at radius 3 is 2.15 bits per heavy atom. The summed E-state index contributed by atoms with van der Waals surface area (Å²) in [6, 6.07) is 9.77. The Labute approximate surface area is 155 Å². The van der Waals surface area contributed by atoms with Crippen LogP contribution in [0.2, 0.25) is 0 Å². The zero-order valence-electron chi connectivity index (χ0n) is 15.0. The van der Waals surface area contributed by atoms with Crippen LogP contribution in [0.5, 0.6) is 11.5 Å². The molecule has 0 radical (unpaired) electrons. The Morgan fingerprint density at radius 1 is 0.926 bits per heavy atom. The second kappa shape index (κ2) is 9.16. The third-order valence-corrected chi connectivity index (χ3v) is 3.88. The molecule has 0 atom stereocenters. The topological polar surface area (TPSA) is 59.6 Å². The molecule has 0 aliphatic heterocycles. The molecule has 0 aliphatic rings. The molecule has 2 amide bonds. The van der Waals surface area contributed by atoms with Gasteiger partial charge in [-0.15, -0.1) is 0 Å². The van der Waals surface area contributed by atoms with Gasteiger partial charge >= 0.3 is 12.2 Å². The Hall–Kier alpha value is -2.90. The maximum Gasteiger partial charge on any atom is 0.416 e. The van der Waals surface area contributed by atoms with Gasteiger partial charge in [0.1, 0.15) is 0 Å². The van der Waals surface area contributed by atoms with Crippen LogP contribution in [0.4, 0.5) is 18.0 Å². The van der Waals surface area contributed by atoms with Gasteiger partial charge in [0.15, 0.2) is 11.5 Å². The molecule has 0 saturated heterocycles. The Kier molecular flexibility index (Phi) is 6.92. The normalized spacial score (nSPS) is 11.0. The number of hydrogen-bond acceptors (Lipinski definition) is 3. The number of alkyl halides is 3. The average molecular weight is 382 g/mol. The van der Waals surface area contributed by atoms with Crippen molar-refractivity contribution in [2.75, 3.05) is 20.8 Å². The highest BCUT2D eigenvalue weighted by atomic mass is 19.4. The van der Waals surface area contributed by atoms with Crippen molar-refractivity contribution < 1.29 is 27.4 Å². The molecule has 2 aromatic carbocycles. The standard InChI is InChI=1S/C19H21F3N2O3/c1-26-16-8-5-13(11-17(16)27-2)9-10-23-18(25)24-12-14-3-6-15(7-4-14)19(20,21)22/h3-8,11H,9-10,12H2,1-2H3,(H2,23,24,25). The smallest absolute Gasteiger partial charge is 0.416 e. The molecular weight excluding hydrogens is 361 g/mol. The summed E-state index contributed by atoms with van der Waals surface area (Å²) in [5.41, 5.74) is 0.833. The van der Waals surface area contributed by atoms with Gasteiger partial charge in [-0.25, -0.2) is 4.79 Å². The predicted octanol–water partition coefficient (Wildman–Crippen LogP) is 3.76. The molecule has 146 valence electrons. The number of nitrogens with one attached hydrogen (secondary N) is 2. The first-order valence-electron chi connectivity index (χ1n) is 8.22. The lowest BCUT2D eigenvalue weighted by atomic mass is 10.1. The number of amides is 2. The number of methoxy groups -OCH3 is 2. The van der Waals surface area contributed by atoms with Gasteiger partial charge in [0.2, 0.25) is 0 Å². The molecule has 0 bridgehead atoms. The molecule has 0 fully saturated rings. The highest BCUT2D eigenvalue weighted by Crippen LogP contribution is 2.29. The molecule has 0 saturated carbocycles. The van der Waals surface area contributed by atoms with Crippen LogP contribution in [-0.2, 0) is 19.1 Å². The van der Waals surface area contributed by atoms with Crippen molar-refractivity contribution in [3.05, 3.63) is 59.2 Å². The van der Waals surface area contributed by atoms with Crippen LogP contribution in [0.15, 0.2) is 42.5 Å². The lowest BCUT2D eigenvalue weighted by Crippen LogP contribution is -2.36. The first kappa shape index (κ1) is 20.4. The van der Waals surface area contributed by atoms with Gasteiger partial charge in [-0.2, -0.15) is 13.2 Å². The highest BCUT2D eigenvalue weighted by Gasteiger charge is 2.29. The number of halogens is 3. The molecule has 0 aromatic heterocycles. The minimum Gasteiger partial charge on any atom is -0.493 e. The summed E-state index contributed by atoms with van der Waals surface area (Å²) in [5, 5.41) is 5.31. The van der Waals surface area contributed by atoms with Crippen molar-refractivity contribution in [2.45, 2.75) is 19.1 Å². The number of benzene rings is 2. The Balaban J connectivity index is 1.76. The predicted molar refractivity (Wildman–Crippen MR) is 94.9 cm³/mol. The molecule has 2 N–H and O–H groups in total. The minimum absolute atomic E-state index is 0.139. The fourth-order valence-corrected chi connectivity index (χ4v) is 2.41. The van der Waals surface area contributed by atoms with E-state index < -0.39 is 17.8 Å². The Bertz CT molecular complexity index is 762. The summed E-state index contributed by atoms with van der Waals surface area (Å²) in [6.07, 6.45) is -3.78. The molecule has 0 heterocycles. The number of rotatable bonds is 7. The van der Waals surface area contributed by atoms with E-state index in [1.54, 1.807) is 20.3 Å². The minimum atomic E-state index is -4.37. The molecule has 27 heavy (non-hydrogen) atoms. The lowest BCUT2D eigenvalue weighted by Gasteiger charge is -2.11. The highest BCUT2D eigenvalue weighted by molar-refractivity contribution is 5.73. The van der Waals surface area contributed by atoms with E-state index in [9.17, 15) is 18.0 Å².